The molecule has 1 aromatic rings. The summed E-state index contributed by atoms with van der Waals surface area (Å²) in [6.07, 6.45) is 0.715. The third-order valence-corrected chi connectivity index (χ3v) is 2.36. The lowest BCUT2D eigenvalue weighted by Crippen LogP contribution is -2.14. The number of rotatable bonds is 3. The van der Waals surface area contributed by atoms with Crippen LogP contribution in [0.25, 0.3) is 0 Å². The molecule has 0 heterocycles. The molecule has 0 saturated carbocycles. The molecule has 0 aliphatic rings. The molecule has 1 aromatic carbocycles. The highest BCUT2D eigenvalue weighted by Crippen LogP contribution is 2.19. The molecule has 0 fully saturated rings. The average Bonchev–Trinajstić information content (AvgIpc) is 2.22. The van der Waals surface area contributed by atoms with Crippen molar-refractivity contribution in [3.63, 3.8) is 0 Å². The second kappa shape index (κ2) is 5.26. The second-order valence-electron chi connectivity index (χ2n) is 3.14. The molecule has 0 saturated heterocycles. The average molecular weight is 217 g/mol. The number of halogens is 1. The van der Waals surface area contributed by atoms with Gasteiger partial charge in [-0.25, -0.2) is 0 Å². The summed E-state index contributed by atoms with van der Waals surface area (Å²) < 4.78 is 0. The van der Waals surface area contributed by atoms with Crippen molar-refractivity contribution in [3.8, 4) is 0 Å². The number of carbonyl (C=O) groups excluding carboxylic acids is 1. The van der Waals surface area contributed by atoms with E-state index in [0.29, 0.717) is 28.9 Å². The van der Waals surface area contributed by atoms with Crippen molar-refractivity contribution in [1.82, 2.24) is 0 Å². The summed E-state index contributed by atoms with van der Waals surface area (Å²) in [5.41, 5.74) is 1.87. The number of nitrogens with one attached hydrogen (secondary N) is 1. The Hall–Kier alpha value is -0.890. The van der Waals surface area contributed by atoms with E-state index in [9.17, 15) is 4.79 Å². The molecule has 1 amide bonds. The van der Waals surface area contributed by atoms with Crippen LogP contribution in [0.3, 0.4) is 0 Å². The van der Waals surface area contributed by atoms with E-state index in [0.717, 1.165) is 5.56 Å². The van der Waals surface area contributed by atoms with Crippen LogP contribution in [0.2, 0.25) is 5.02 Å². The van der Waals surface area contributed by atoms with Gasteiger partial charge < -0.3 is 5.32 Å². The Kier molecular flexibility index (Phi) is 4.28. The van der Waals surface area contributed by atoms with E-state index in [1.54, 1.807) is 19.1 Å². The van der Waals surface area contributed by atoms with E-state index in [4.69, 9.17) is 27.3 Å². The first-order valence-corrected chi connectivity index (χ1v) is 5.04. The van der Waals surface area contributed by atoms with Gasteiger partial charge in [-0.1, -0.05) is 36.4 Å². The summed E-state index contributed by atoms with van der Waals surface area (Å²) in [6, 6.07) is 3.29. The van der Waals surface area contributed by atoms with Crippen molar-refractivity contribution in [2.24, 2.45) is 0 Å². The first-order valence-electron chi connectivity index (χ1n) is 4.66. The number of hydrogen-bond donors (Lipinski definition) is 1. The number of amides is 1. The third-order valence-electron chi connectivity index (χ3n) is 2.04. The molecule has 74 valence electrons. The van der Waals surface area contributed by atoms with E-state index in [1.807, 2.05) is 0 Å². The first kappa shape index (κ1) is 12.2. The van der Waals surface area contributed by atoms with Crippen LogP contribution in [-0.4, -0.2) is 21.6 Å². The summed E-state index contributed by atoms with van der Waals surface area (Å²) in [6.45, 7) is 1.77. The Morgan fingerprint density at radius 3 is 2.73 bits per heavy atom. The van der Waals surface area contributed by atoms with Crippen LogP contribution in [0.1, 0.15) is 18.9 Å². The van der Waals surface area contributed by atoms with E-state index in [1.165, 1.54) is 0 Å². The van der Waals surface area contributed by atoms with Crippen molar-refractivity contribution in [3.05, 3.63) is 22.7 Å². The SMILES string of the molecule is [B]Cc1cc([B])c(Cl)cc1NC(=O)CC. The molecule has 0 atom stereocenters. The van der Waals surface area contributed by atoms with Crippen molar-refractivity contribution in [2.75, 3.05) is 5.32 Å². The molecule has 0 bridgehead atoms. The van der Waals surface area contributed by atoms with Gasteiger partial charge >= 0.3 is 0 Å². The summed E-state index contributed by atoms with van der Waals surface area (Å²) in [5, 5.41) is 3.14. The molecular weight excluding hydrogens is 207 g/mol. The van der Waals surface area contributed by atoms with Crippen molar-refractivity contribution in [2.45, 2.75) is 19.7 Å². The Bertz CT molecular complexity index is 382. The number of anilines is 1. The molecule has 5 heteroatoms. The predicted molar refractivity (Wildman–Crippen MR) is 65.2 cm³/mol. The van der Waals surface area contributed by atoms with E-state index in [2.05, 4.69) is 5.32 Å². The molecule has 0 unspecified atom stereocenters. The molecule has 0 aromatic heterocycles. The zero-order chi connectivity index (χ0) is 11.4. The Morgan fingerprint density at radius 1 is 1.53 bits per heavy atom. The predicted octanol–water partition coefficient (Wildman–Crippen LogP) is 1.15. The monoisotopic (exact) mass is 217 g/mol. The van der Waals surface area contributed by atoms with Gasteiger partial charge in [0.05, 0.1) is 7.85 Å². The minimum atomic E-state index is -0.0782. The maximum Gasteiger partial charge on any atom is 0.224 e. The number of benzene rings is 1. The summed E-state index contributed by atoms with van der Waals surface area (Å²) >= 11 is 5.85. The first-order chi connectivity index (χ1) is 7.08. The van der Waals surface area contributed by atoms with Gasteiger partial charge in [-0.2, -0.15) is 0 Å². The quantitative estimate of drug-likeness (QED) is 0.756. The molecule has 4 radical (unpaired) electrons. The fraction of sp³-hybridized carbons (Fsp3) is 0.300. The van der Waals surface area contributed by atoms with Crippen molar-refractivity contribution < 1.29 is 4.79 Å². The van der Waals surface area contributed by atoms with Gasteiger partial charge in [0.15, 0.2) is 0 Å². The molecule has 1 N–H and O–H groups in total. The lowest BCUT2D eigenvalue weighted by atomic mass is 9.88. The van der Waals surface area contributed by atoms with Gasteiger partial charge in [0, 0.05) is 17.1 Å². The molecule has 15 heavy (non-hydrogen) atoms. The highest BCUT2D eigenvalue weighted by atomic mass is 35.5. The van der Waals surface area contributed by atoms with Gasteiger partial charge in [0.1, 0.15) is 7.85 Å². The van der Waals surface area contributed by atoms with Gasteiger partial charge in [0.2, 0.25) is 5.91 Å². The fourth-order valence-electron chi connectivity index (χ4n) is 1.16. The summed E-state index contributed by atoms with van der Waals surface area (Å²) in [7, 11) is 11.2. The lowest BCUT2D eigenvalue weighted by molar-refractivity contribution is -0.115. The van der Waals surface area contributed by atoms with Crippen LogP contribution in [0, 0.1) is 0 Å². The van der Waals surface area contributed by atoms with Crippen LogP contribution in [0.5, 0.6) is 0 Å². The maximum atomic E-state index is 11.2. The fourth-order valence-corrected chi connectivity index (χ4v) is 1.32. The Morgan fingerprint density at radius 2 is 2.20 bits per heavy atom. The molecule has 2 nitrogen and oxygen atoms in total. The molecule has 1 rings (SSSR count). The lowest BCUT2D eigenvalue weighted by Gasteiger charge is -2.11. The van der Waals surface area contributed by atoms with Crippen LogP contribution < -0.4 is 10.8 Å². The van der Waals surface area contributed by atoms with Gasteiger partial charge in [-0.15, -0.1) is 0 Å². The molecular formula is C10H10B2ClNO. The number of carbonyl (C=O) groups is 1. The largest absolute Gasteiger partial charge is 0.326 e. The van der Waals surface area contributed by atoms with E-state index in [-0.39, 0.29) is 5.91 Å². The highest BCUT2D eigenvalue weighted by molar-refractivity contribution is 6.45. The standard InChI is InChI=1S/C10H10B2ClNO/c1-2-10(15)14-9-4-8(13)7(12)3-6(9)5-11/h3-4H,2,5H2,1H3,(H,14,15). The maximum absolute atomic E-state index is 11.2. The van der Waals surface area contributed by atoms with Crippen LogP contribution in [0.15, 0.2) is 12.1 Å². The minimum absolute atomic E-state index is 0.0782. The smallest absolute Gasteiger partial charge is 0.224 e. The zero-order valence-corrected chi connectivity index (χ0v) is 9.27. The summed E-state index contributed by atoms with van der Waals surface area (Å²) in [5.74, 6) is -0.0782. The van der Waals surface area contributed by atoms with Gasteiger partial charge in [-0.3, -0.25) is 4.79 Å². The topological polar surface area (TPSA) is 29.1 Å². The van der Waals surface area contributed by atoms with E-state index >= 15 is 0 Å². The molecule has 0 aliphatic heterocycles. The van der Waals surface area contributed by atoms with E-state index < -0.39 is 0 Å². The van der Waals surface area contributed by atoms with Gasteiger partial charge in [-0.05, 0) is 11.6 Å². The zero-order valence-electron chi connectivity index (χ0n) is 8.51. The van der Waals surface area contributed by atoms with Crippen LogP contribution in [0.4, 0.5) is 5.69 Å². The molecule has 0 aliphatic carbocycles. The second-order valence-corrected chi connectivity index (χ2v) is 3.54. The molecule has 0 spiro atoms. The third kappa shape index (κ3) is 3.03. The van der Waals surface area contributed by atoms with Gasteiger partial charge in [0.25, 0.3) is 0 Å². The van der Waals surface area contributed by atoms with Crippen molar-refractivity contribution in [1.29, 1.82) is 0 Å². The number of hydrogen-bond acceptors (Lipinski definition) is 1. The Labute approximate surface area is 97.2 Å². The Balaban J connectivity index is 3.05. The van der Waals surface area contributed by atoms with Crippen LogP contribution in [-0.2, 0) is 11.1 Å². The highest BCUT2D eigenvalue weighted by Gasteiger charge is 2.06. The van der Waals surface area contributed by atoms with Crippen molar-refractivity contribution >= 4 is 44.4 Å². The summed E-state index contributed by atoms with van der Waals surface area (Å²) in [4.78, 5) is 11.2. The van der Waals surface area contributed by atoms with Crippen LogP contribution >= 0.6 is 11.6 Å². The minimum Gasteiger partial charge on any atom is -0.326 e. The normalized spacial score (nSPS) is 10.0.